The van der Waals surface area contributed by atoms with E-state index in [4.69, 9.17) is 27.9 Å². The molecule has 2 atom stereocenters. The number of carbonyl (C=O) groups excluding carboxylic acids is 1. The SMILES string of the molecule is C[C@H]1CCCC[C@@H]1OC(=O)Nc1ccc(Cl)cc1Cl. The van der Waals surface area contributed by atoms with Crippen molar-refractivity contribution in [2.45, 2.75) is 38.7 Å². The minimum atomic E-state index is -0.456. The van der Waals surface area contributed by atoms with Crippen molar-refractivity contribution >= 4 is 35.0 Å². The first-order chi connectivity index (χ1) is 9.06. The Labute approximate surface area is 123 Å². The molecule has 1 amide bonds. The molecule has 0 unspecified atom stereocenters. The van der Waals surface area contributed by atoms with Gasteiger partial charge in [-0.1, -0.05) is 36.5 Å². The van der Waals surface area contributed by atoms with E-state index in [0.29, 0.717) is 21.7 Å². The molecule has 1 aromatic rings. The number of rotatable bonds is 2. The maximum Gasteiger partial charge on any atom is 0.411 e. The molecule has 1 aromatic carbocycles. The highest BCUT2D eigenvalue weighted by Gasteiger charge is 2.24. The number of ether oxygens (including phenoxy) is 1. The number of hydrogen-bond donors (Lipinski definition) is 1. The first-order valence-corrected chi connectivity index (χ1v) is 7.24. The van der Waals surface area contributed by atoms with Crippen LogP contribution in [-0.2, 0) is 4.74 Å². The smallest absolute Gasteiger partial charge is 0.411 e. The van der Waals surface area contributed by atoms with Gasteiger partial charge < -0.3 is 4.74 Å². The Morgan fingerprint density at radius 2 is 2.05 bits per heavy atom. The van der Waals surface area contributed by atoms with E-state index in [1.54, 1.807) is 18.2 Å². The van der Waals surface area contributed by atoms with Crippen molar-refractivity contribution in [3.05, 3.63) is 28.2 Å². The summed E-state index contributed by atoms with van der Waals surface area (Å²) in [5.74, 6) is 0.417. The zero-order chi connectivity index (χ0) is 13.8. The molecule has 0 radical (unpaired) electrons. The average Bonchev–Trinajstić information content (AvgIpc) is 2.36. The first-order valence-electron chi connectivity index (χ1n) is 6.49. The Balaban J connectivity index is 1.93. The van der Waals surface area contributed by atoms with Crippen LogP contribution in [0.3, 0.4) is 0 Å². The molecule has 1 aliphatic rings. The van der Waals surface area contributed by atoms with Crippen molar-refractivity contribution < 1.29 is 9.53 Å². The number of halogens is 2. The molecule has 19 heavy (non-hydrogen) atoms. The molecule has 104 valence electrons. The summed E-state index contributed by atoms with van der Waals surface area (Å²) in [5, 5.41) is 3.59. The molecule has 0 spiro atoms. The molecular formula is C14H17Cl2NO2. The molecule has 0 bridgehead atoms. The van der Waals surface area contributed by atoms with Gasteiger partial charge in [0.15, 0.2) is 0 Å². The van der Waals surface area contributed by atoms with E-state index in [9.17, 15) is 4.79 Å². The number of amides is 1. The summed E-state index contributed by atoms with van der Waals surface area (Å²) in [6.07, 6.45) is 3.92. The third-order valence-corrected chi connectivity index (χ3v) is 4.01. The maximum absolute atomic E-state index is 11.8. The third kappa shape index (κ3) is 4.02. The van der Waals surface area contributed by atoms with Gasteiger partial charge in [-0.3, -0.25) is 5.32 Å². The fourth-order valence-electron chi connectivity index (χ4n) is 2.33. The van der Waals surface area contributed by atoms with Gasteiger partial charge >= 0.3 is 6.09 Å². The quantitative estimate of drug-likeness (QED) is 0.823. The van der Waals surface area contributed by atoms with Gasteiger partial charge in [-0.15, -0.1) is 0 Å². The van der Waals surface area contributed by atoms with Gasteiger partial charge in [-0.05, 0) is 43.4 Å². The minimum absolute atomic E-state index is 0.000161. The number of benzene rings is 1. The third-order valence-electron chi connectivity index (χ3n) is 3.46. The van der Waals surface area contributed by atoms with Crippen molar-refractivity contribution in [2.75, 3.05) is 5.32 Å². The van der Waals surface area contributed by atoms with Crippen LogP contribution < -0.4 is 5.32 Å². The molecule has 5 heteroatoms. The highest BCUT2D eigenvalue weighted by molar-refractivity contribution is 6.36. The van der Waals surface area contributed by atoms with E-state index in [2.05, 4.69) is 12.2 Å². The van der Waals surface area contributed by atoms with Crippen LogP contribution in [0.5, 0.6) is 0 Å². The zero-order valence-corrected chi connectivity index (χ0v) is 12.3. The number of hydrogen-bond acceptors (Lipinski definition) is 2. The van der Waals surface area contributed by atoms with Crippen molar-refractivity contribution in [3.63, 3.8) is 0 Å². The first kappa shape index (κ1) is 14.5. The largest absolute Gasteiger partial charge is 0.446 e. The van der Waals surface area contributed by atoms with Crippen LogP contribution in [0.15, 0.2) is 18.2 Å². The van der Waals surface area contributed by atoms with Crippen LogP contribution in [0.4, 0.5) is 10.5 Å². The van der Waals surface area contributed by atoms with E-state index < -0.39 is 6.09 Å². The minimum Gasteiger partial charge on any atom is -0.446 e. The second kappa shape index (κ2) is 6.49. The van der Waals surface area contributed by atoms with E-state index in [1.807, 2.05) is 0 Å². The van der Waals surface area contributed by atoms with Crippen molar-refractivity contribution in [1.82, 2.24) is 0 Å². The lowest BCUT2D eigenvalue weighted by Crippen LogP contribution is -2.30. The normalized spacial score (nSPS) is 22.9. The van der Waals surface area contributed by atoms with Crippen molar-refractivity contribution in [1.29, 1.82) is 0 Å². The molecule has 0 aromatic heterocycles. The van der Waals surface area contributed by atoms with Crippen LogP contribution in [0.1, 0.15) is 32.6 Å². The Morgan fingerprint density at radius 1 is 1.32 bits per heavy atom. The van der Waals surface area contributed by atoms with E-state index in [1.165, 1.54) is 6.42 Å². The topological polar surface area (TPSA) is 38.3 Å². The number of anilines is 1. The lowest BCUT2D eigenvalue weighted by Gasteiger charge is -2.28. The Bertz CT molecular complexity index is 465. The molecule has 1 saturated carbocycles. The van der Waals surface area contributed by atoms with E-state index in [-0.39, 0.29) is 6.10 Å². The van der Waals surface area contributed by atoms with Gasteiger partial charge in [-0.25, -0.2) is 4.79 Å². The Morgan fingerprint density at radius 3 is 2.74 bits per heavy atom. The summed E-state index contributed by atoms with van der Waals surface area (Å²) in [6, 6.07) is 4.92. The predicted molar refractivity (Wildman–Crippen MR) is 78.0 cm³/mol. The lowest BCUT2D eigenvalue weighted by molar-refractivity contribution is 0.0524. The molecule has 3 nitrogen and oxygen atoms in total. The summed E-state index contributed by atoms with van der Waals surface area (Å²) < 4.78 is 5.45. The van der Waals surface area contributed by atoms with Gasteiger partial charge in [0.05, 0.1) is 10.7 Å². The Hall–Kier alpha value is -0.930. The average molecular weight is 302 g/mol. The molecule has 0 aliphatic heterocycles. The number of carbonyl (C=O) groups is 1. The fraction of sp³-hybridized carbons (Fsp3) is 0.500. The van der Waals surface area contributed by atoms with Crippen LogP contribution in [0.25, 0.3) is 0 Å². The zero-order valence-electron chi connectivity index (χ0n) is 10.8. The molecule has 2 rings (SSSR count). The molecule has 1 fully saturated rings. The second-order valence-electron chi connectivity index (χ2n) is 4.95. The molecular weight excluding hydrogens is 285 g/mol. The standard InChI is InChI=1S/C14H17Cl2NO2/c1-9-4-2-3-5-13(9)19-14(18)17-12-7-6-10(15)8-11(12)16/h6-9,13H,2-5H2,1H3,(H,17,18)/t9-,13-/m0/s1. The van der Waals surface area contributed by atoms with Crippen LogP contribution >= 0.6 is 23.2 Å². The van der Waals surface area contributed by atoms with Gasteiger partial charge in [0.1, 0.15) is 6.10 Å². The van der Waals surface area contributed by atoms with E-state index >= 15 is 0 Å². The number of nitrogens with one attached hydrogen (secondary N) is 1. The predicted octanol–water partition coefficient (Wildman–Crippen LogP) is 5.12. The highest BCUT2D eigenvalue weighted by Crippen LogP contribution is 2.28. The Kier molecular flexibility index (Phi) is 4.94. The molecule has 1 aliphatic carbocycles. The van der Waals surface area contributed by atoms with Gasteiger partial charge in [0.2, 0.25) is 0 Å². The summed E-state index contributed by atoms with van der Waals surface area (Å²) in [6.45, 7) is 2.12. The van der Waals surface area contributed by atoms with Crippen molar-refractivity contribution in [3.8, 4) is 0 Å². The molecule has 0 heterocycles. The van der Waals surface area contributed by atoms with Crippen LogP contribution in [0, 0.1) is 5.92 Å². The monoisotopic (exact) mass is 301 g/mol. The van der Waals surface area contributed by atoms with Crippen LogP contribution in [0.2, 0.25) is 10.0 Å². The summed E-state index contributed by atoms with van der Waals surface area (Å²) in [5.41, 5.74) is 0.513. The fourth-order valence-corrected chi connectivity index (χ4v) is 2.78. The van der Waals surface area contributed by atoms with Gasteiger partial charge in [0, 0.05) is 5.02 Å². The highest BCUT2D eigenvalue weighted by atomic mass is 35.5. The maximum atomic E-state index is 11.8. The van der Waals surface area contributed by atoms with E-state index in [0.717, 1.165) is 19.3 Å². The summed E-state index contributed by atoms with van der Waals surface area (Å²) in [4.78, 5) is 11.8. The lowest BCUT2D eigenvalue weighted by atomic mass is 9.88. The van der Waals surface area contributed by atoms with Gasteiger partial charge in [-0.2, -0.15) is 0 Å². The van der Waals surface area contributed by atoms with Gasteiger partial charge in [0.25, 0.3) is 0 Å². The summed E-state index contributed by atoms with van der Waals surface area (Å²) in [7, 11) is 0. The molecule has 1 N–H and O–H groups in total. The second-order valence-corrected chi connectivity index (χ2v) is 5.80. The molecule has 0 saturated heterocycles. The van der Waals surface area contributed by atoms with Crippen molar-refractivity contribution in [2.24, 2.45) is 5.92 Å². The summed E-state index contributed by atoms with van der Waals surface area (Å²) >= 11 is 11.8. The van der Waals surface area contributed by atoms with Crippen LogP contribution in [-0.4, -0.2) is 12.2 Å².